The Labute approximate surface area is 140 Å². The van der Waals surface area contributed by atoms with Gasteiger partial charge in [0.05, 0.1) is 0 Å². The second kappa shape index (κ2) is 6.09. The van der Waals surface area contributed by atoms with Crippen LogP contribution in [0.3, 0.4) is 0 Å². The number of carbonyl (C=O) groups excluding carboxylic acids is 1. The van der Waals surface area contributed by atoms with Crippen LogP contribution in [0.5, 0.6) is 0 Å². The molecule has 0 aliphatic carbocycles. The van der Waals surface area contributed by atoms with Crippen molar-refractivity contribution in [2.45, 2.75) is 19.8 Å². The van der Waals surface area contributed by atoms with Crippen LogP contribution in [0.15, 0.2) is 48.5 Å². The zero-order chi connectivity index (χ0) is 16.6. The van der Waals surface area contributed by atoms with Gasteiger partial charge in [-0.25, -0.2) is 0 Å². The average Bonchev–Trinajstić information content (AvgIpc) is 2.85. The Balaban J connectivity index is 1.87. The van der Waals surface area contributed by atoms with Crippen LogP contribution in [0.1, 0.15) is 35.8 Å². The standard InChI is InChI=1S/C19H19ClN2O/c1-12(2)13-5-8-16(9-6-13)21-19(23)18-10-14-4-7-15(20)11-17(14)22(18)3/h4-12H,1-3H3,(H,21,23). The van der Waals surface area contributed by atoms with Gasteiger partial charge in [-0.05, 0) is 41.8 Å². The summed E-state index contributed by atoms with van der Waals surface area (Å²) in [5.41, 5.74) is 3.60. The quantitative estimate of drug-likeness (QED) is 0.704. The van der Waals surface area contributed by atoms with E-state index in [1.54, 1.807) is 0 Å². The molecule has 0 aliphatic heterocycles. The summed E-state index contributed by atoms with van der Waals surface area (Å²) in [6.45, 7) is 4.29. The molecule has 4 heteroatoms. The maximum Gasteiger partial charge on any atom is 0.272 e. The van der Waals surface area contributed by atoms with Crippen molar-refractivity contribution in [1.29, 1.82) is 0 Å². The van der Waals surface area contributed by atoms with E-state index in [1.165, 1.54) is 5.56 Å². The van der Waals surface area contributed by atoms with E-state index in [4.69, 9.17) is 11.6 Å². The largest absolute Gasteiger partial charge is 0.340 e. The minimum absolute atomic E-state index is 0.128. The van der Waals surface area contributed by atoms with Gasteiger partial charge in [-0.15, -0.1) is 0 Å². The van der Waals surface area contributed by atoms with E-state index in [1.807, 2.05) is 60.1 Å². The number of aromatic nitrogens is 1. The molecule has 1 aromatic heterocycles. The van der Waals surface area contributed by atoms with Crippen molar-refractivity contribution in [2.24, 2.45) is 7.05 Å². The molecule has 0 unspecified atom stereocenters. The smallest absolute Gasteiger partial charge is 0.272 e. The van der Waals surface area contributed by atoms with Gasteiger partial charge >= 0.3 is 0 Å². The highest BCUT2D eigenvalue weighted by Crippen LogP contribution is 2.23. The molecule has 0 atom stereocenters. The molecule has 0 fully saturated rings. The summed E-state index contributed by atoms with van der Waals surface area (Å²) in [6, 6.07) is 15.5. The van der Waals surface area contributed by atoms with E-state index in [9.17, 15) is 4.79 Å². The molecule has 3 aromatic rings. The Bertz CT molecular complexity index is 863. The molecule has 0 aliphatic rings. The Morgan fingerprint density at radius 3 is 2.43 bits per heavy atom. The number of benzene rings is 2. The van der Waals surface area contributed by atoms with Crippen molar-refractivity contribution in [3.8, 4) is 0 Å². The van der Waals surface area contributed by atoms with Crippen LogP contribution in [0.4, 0.5) is 5.69 Å². The minimum atomic E-state index is -0.128. The third-order valence-electron chi connectivity index (χ3n) is 4.08. The van der Waals surface area contributed by atoms with E-state index in [0.717, 1.165) is 16.6 Å². The van der Waals surface area contributed by atoms with Crippen molar-refractivity contribution in [3.05, 3.63) is 64.8 Å². The number of amides is 1. The molecule has 3 rings (SSSR count). The molecule has 0 bridgehead atoms. The first kappa shape index (κ1) is 15.6. The molecule has 23 heavy (non-hydrogen) atoms. The lowest BCUT2D eigenvalue weighted by atomic mass is 10.0. The van der Waals surface area contributed by atoms with Crippen LogP contribution >= 0.6 is 11.6 Å². The Morgan fingerprint density at radius 2 is 1.78 bits per heavy atom. The normalized spacial score (nSPS) is 11.2. The Hall–Kier alpha value is -2.26. The van der Waals surface area contributed by atoms with Gasteiger partial charge in [-0.2, -0.15) is 0 Å². The number of nitrogens with one attached hydrogen (secondary N) is 1. The van der Waals surface area contributed by atoms with Gasteiger partial charge in [0.2, 0.25) is 0 Å². The predicted octanol–water partition coefficient (Wildman–Crippen LogP) is 5.21. The third-order valence-corrected chi connectivity index (χ3v) is 4.31. The molecule has 2 aromatic carbocycles. The summed E-state index contributed by atoms with van der Waals surface area (Å²) >= 11 is 6.04. The van der Waals surface area contributed by atoms with Gasteiger partial charge in [-0.3, -0.25) is 4.79 Å². The number of nitrogens with zero attached hydrogens (tertiary/aromatic N) is 1. The first-order chi connectivity index (χ1) is 11.0. The number of halogens is 1. The molecule has 1 heterocycles. The fourth-order valence-electron chi connectivity index (χ4n) is 2.67. The van der Waals surface area contributed by atoms with Crippen LogP contribution in [0, 0.1) is 0 Å². The number of hydrogen-bond acceptors (Lipinski definition) is 1. The van der Waals surface area contributed by atoms with Crippen LogP contribution in [-0.4, -0.2) is 10.5 Å². The summed E-state index contributed by atoms with van der Waals surface area (Å²) in [5.74, 6) is 0.347. The van der Waals surface area contributed by atoms with Crippen LogP contribution in [-0.2, 0) is 7.05 Å². The molecule has 3 nitrogen and oxygen atoms in total. The topological polar surface area (TPSA) is 34.0 Å². The van der Waals surface area contributed by atoms with Crippen molar-refractivity contribution >= 4 is 34.1 Å². The summed E-state index contributed by atoms with van der Waals surface area (Å²) in [5, 5.41) is 4.61. The predicted molar refractivity (Wildman–Crippen MR) is 96.4 cm³/mol. The first-order valence-electron chi connectivity index (χ1n) is 7.62. The summed E-state index contributed by atoms with van der Waals surface area (Å²) in [7, 11) is 1.87. The molecule has 0 saturated heterocycles. The lowest BCUT2D eigenvalue weighted by Gasteiger charge is -2.09. The van der Waals surface area contributed by atoms with Gasteiger partial charge in [0.25, 0.3) is 5.91 Å². The fourth-order valence-corrected chi connectivity index (χ4v) is 2.83. The number of aryl methyl sites for hydroxylation is 1. The number of anilines is 1. The zero-order valence-electron chi connectivity index (χ0n) is 13.4. The summed E-state index contributed by atoms with van der Waals surface area (Å²) in [6.07, 6.45) is 0. The highest BCUT2D eigenvalue weighted by Gasteiger charge is 2.14. The third kappa shape index (κ3) is 3.10. The van der Waals surface area contributed by atoms with Crippen molar-refractivity contribution < 1.29 is 4.79 Å². The second-order valence-corrected chi connectivity index (χ2v) is 6.46. The van der Waals surface area contributed by atoms with Crippen LogP contribution in [0.25, 0.3) is 10.9 Å². The molecule has 0 radical (unpaired) electrons. The first-order valence-corrected chi connectivity index (χ1v) is 8.00. The van der Waals surface area contributed by atoms with Crippen molar-refractivity contribution in [2.75, 3.05) is 5.32 Å². The van der Waals surface area contributed by atoms with Gasteiger partial charge in [0.1, 0.15) is 5.69 Å². The zero-order valence-corrected chi connectivity index (χ0v) is 14.2. The SMILES string of the molecule is CC(C)c1ccc(NC(=O)c2cc3ccc(Cl)cc3n2C)cc1. The van der Waals surface area contributed by atoms with Gasteiger partial charge < -0.3 is 9.88 Å². The fraction of sp³-hybridized carbons (Fsp3) is 0.211. The van der Waals surface area contributed by atoms with E-state index in [2.05, 4.69) is 19.2 Å². The van der Waals surface area contributed by atoms with Crippen molar-refractivity contribution in [3.63, 3.8) is 0 Å². The van der Waals surface area contributed by atoms with Gasteiger partial charge in [0.15, 0.2) is 0 Å². The molecule has 118 valence electrons. The minimum Gasteiger partial charge on any atom is -0.340 e. The second-order valence-electron chi connectivity index (χ2n) is 6.02. The molecule has 0 spiro atoms. The summed E-state index contributed by atoms with van der Waals surface area (Å²) < 4.78 is 1.86. The number of rotatable bonds is 3. The van der Waals surface area contributed by atoms with Crippen LogP contribution in [0.2, 0.25) is 5.02 Å². The van der Waals surface area contributed by atoms with E-state index >= 15 is 0 Å². The molecular weight excluding hydrogens is 308 g/mol. The monoisotopic (exact) mass is 326 g/mol. The van der Waals surface area contributed by atoms with Gasteiger partial charge in [0, 0.05) is 28.7 Å². The number of hydrogen-bond donors (Lipinski definition) is 1. The lowest BCUT2D eigenvalue weighted by molar-refractivity contribution is 0.102. The summed E-state index contributed by atoms with van der Waals surface area (Å²) in [4.78, 5) is 12.5. The number of fused-ring (bicyclic) bond motifs is 1. The maximum absolute atomic E-state index is 12.5. The Kier molecular flexibility index (Phi) is 4.14. The van der Waals surface area contributed by atoms with Gasteiger partial charge in [-0.1, -0.05) is 43.6 Å². The molecule has 1 N–H and O–H groups in total. The van der Waals surface area contributed by atoms with Crippen molar-refractivity contribution in [1.82, 2.24) is 4.57 Å². The van der Waals surface area contributed by atoms with E-state index in [0.29, 0.717) is 16.6 Å². The average molecular weight is 327 g/mol. The highest BCUT2D eigenvalue weighted by molar-refractivity contribution is 6.31. The van der Waals surface area contributed by atoms with E-state index < -0.39 is 0 Å². The highest BCUT2D eigenvalue weighted by atomic mass is 35.5. The maximum atomic E-state index is 12.5. The van der Waals surface area contributed by atoms with Crippen LogP contribution < -0.4 is 5.32 Å². The Morgan fingerprint density at radius 1 is 1.09 bits per heavy atom. The van der Waals surface area contributed by atoms with E-state index in [-0.39, 0.29) is 5.91 Å². The molecule has 1 amide bonds. The lowest BCUT2D eigenvalue weighted by Crippen LogP contribution is -2.15. The molecular formula is C19H19ClN2O. The number of carbonyl (C=O) groups is 1. The molecule has 0 saturated carbocycles.